The summed E-state index contributed by atoms with van der Waals surface area (Å²) in [7, 11) is -3.21. The lowest BCUT2D eigenvalue weighted by Crippen LogP contribution is -2.45. The molecule has 0 aromatic rings. The highest BCUT2D eigenvalue weighted by Crippen LogP contribution is 2.37. The average Bonchev–Trinajstić information content (AvgIpc) is 2.29. The second kappa shape index (κ2) is 5.02. The van der Waals surface area contributed by atoms with Crippen molar-refractivity contribution >= 4 is 21.6 Å². The van der Waals surface area contributed by atoms with Crippen molar-refractivity contribution in [2.24, 2.45) is 5.41 Å². The monoisotopic (exact) mass is 253 g/mol. The molecule has 0 spiro atoms. The van der Waals surface area contributed by atoms with Crippen LogP contribution in [0.25, 0.3) is 0 Å². The Morgan fingerprint density at radius 2 is 1.93 bits per heavy atom. The Bertz CT molecular complexity index is 299. The van der Waals surface area contributed by atoms with Crippen LogP contribution in [0.15, 0.2) is 0 Å². The van der Waals surface area contributed by atoms with E-state index in [0.717, 1.165) is 25.7 Å². The third-order valence-corrected chi connectivity index (χ3v) is 5.86. The van der Waals surface area contributed by atoms with Gasteiger partial charge in [-0.05, 0) is 31.1 Å². The van der Waals surface area contributed by atoms with Gasteiger partial charge in [0, 0.05) is 13.1 Å². The molecule has 1 saturated heterocycles. The fourth-order valence-electron chi connectivity index (χ4n) is 2.30. The molecule has 1 heterocycles. The molecule has 0 N–H and O–H groups in total. The molecule has 0 atom stereocenters. The first-order valence-electron chi connectivity index (χ1n) is 5.53. The molecule has 0 aromatic heterocycles. The zero-order valence-electron chi connectivity index (χ0n) is 9.50. The van der Waals surface area contributed by atoms with Crippen molar-refractivity contribution < 1.29 is 8.42 Å². The van der Waals surface area contributed by atoms with Crippen LogP contribution in [0.5, 0.6) is 0 Å². The lowest BCUT2D eigenvalue weighted by molar-refractivity contribution is 0.134. The topological polar surface area (TPSA) is 37.4 Å². The van der Waals surface area contributed by atoms with E-state index in [9.17, 15) is 8.42 Å². The maximum atomic E-state index is 11.7. The minimum atomic E-state index is -3.21. The lowest BCUT2D eigenvalue weighted by Gasteiger charge is -2.41. The van der Waals surface area contributed by atoms with Crippen molar-refractivity contribution in [2.75, 3.05) is 18.3 Å². The summed E-state index contributed by atoms with van der Waals surface area (Å²) in [5.74, 6) is 0. The molecule has 0 radical (unpaired) electrons. The summed E-state index contributed by atoms with van der Waals surface area (Å²) in [6.07, 6.45) is 4.17. The van der Waals surface area contributed by atoms with E-state index in [1.807, 2.05) is 0 Å². The minimum Gasteiger partial charge on any atom is -0.211 e. The zero-order valence-corrected chi connectivity index (χ0v) is 11.1. The molecule has 0 unspecified atom stereocenters. The van der Waals surface area contributed by atoms with Gasteiger partial charge in [-0.1, -0.05) is 13.8 Å². The molecule has 0 aliphatic carbocycles. The molecule has 1 rings (SSSR count). The van der Waals surface area contributed by atoms with Gasteiger partial charge in [-0.3, -0.25) is 0 Å². The number of nitrogens with zero attached hydrogens (tertiary/aromatic N) is 1. The largest absolute Gasteiger partial charge is 0.228 e. The fourth-order valence-corrected chi connectivity index (χ4v) is 3.73. The van der Waals surface area contributed by atoms with Gasteiger partial charge in [0.2, 0.25) is 10.0 Å². The van der Waals surface area contributed by atoms with Crippen molar-refractivity contribution in [1.29, 1.82) is 0 Å². The van der Waals surface area contributed by atoms with Crippen LogP contribution in [0.4, 0.5) is 0 Å². The van der Waals surface area contributed by atoms with E-state index in [4.69, 9.17) is 11.6 Å². The molecule has 15 heavy (non-hydrogen) atoms. The summed E-state index contributed by atoms with van der Waals surface area (Å²) in [6.45, 7) is 5.56. The molecule has 1 aliphatic heterocycles. The van der Waals surface area contributed by atoms with E-state index in [1.54, 1.807) is 4.31 Å². The van der Waals surface area contributed by atoms with Crippen molar-refractivity contribution in [3.8, 4) is 0 Å². The number of rotatable bonds is 4. The van der Waals surface area contributed by atoms with Crippen molar-refractivity contribution in [3.63, 3.8) is 0 Å². The molecule has 90 valence electrons. The summed E-state index contributed by atoms with van der Waals surface area (Å²) in [5.41, 5.74) is 0.178. The van der Waals surface area contributed by atoms with Crippen LogP contribution >= 0.6 is 11.6 Å². The summed E-state index contributed by atoms with van der Waals surface area (Å²) in [6, 6.07) is 0. The standard InChI is InChI=1S/C10H20ClNO2S/c1-3-10(4-2)6-5-7-12(8-10)15(13,14)9-11/h3-9H2,1-2H3. The smallest absolute Gasteiger partial charge is 0.211 e. The highest BCUT2D eigenvalue weighted by Gasteiger charge is 2.36. The molecule has 3 nitrogen and oxygen atoms in total. The predicted octanol–water partition coefficient (Wildman–Crippen LogP) is 2.41. The van der Waals surface area contributed by atoms with E-state index >= 15 is 0 Å². The summed E-state index contributed by atoms with van der Waals surface area (Å²) >= 11 is 5.48. The fraction of sp³-hybridized carbons (Fsp3) is 1.00. The van der Waals surface area contributed by atoms with Crippen LogP contribution < -0.4 is 0 Å². The number of sulfonamides is 1. The van der Waals surface area contributed by atoms with Gasteiger partial charge in [0.25, 0.3) is 0 Å². The second-order valence-corrected chi connectivity index (χ2v) is 6.92. The molecule has 1 aliphatic rings. The lowest BCUT2D eigenvalue weighted by atomic mass is 9.76. The van der Waals surface area contributed by atoms with Crippen molar-refractivity contribution in [3.05, 3.63) is 0 Å². The molecule has 1 fully saturated rings. The van der Waals surface area contributed by atoms with Crippen LogP contribution in [0.1, 0.15) is 39.5 Å². The molecular formula is C10H20ClNO2S. The first-order valence-corrected chi connectivity index (χ1v) is 7.68. The van der Waals surface area contributed by atoms with Gasteiger partial charge in [0.15, 0.2) is 0 Å². The Labute approximate surface area is 97.8 Å². The SMILES string of the molecule is CCC1(CC)CCCN(S(=O)(=O)CCl)C1. The molecule has 5 heteroatoms. The highest BCUT2D eigenvalue weighted by atomic mass is 35.5. The Morgan fingerprint density at radius 3 is 2.40 bits per heavy atom. The third kappa shape index (κ3) is 2.86. The van der Waals surface area contributed by atoms with Gasteiger partial charge >= 0.3 is 0 Å². The van der Waals surface area contributed by atoms with Crippen molar-refractivity contribution in [2.45, 2.75) is 39.5 Å². The highest BCUT2D eigenvalue weighted by molar-refractivity contribution is 7.90. The van der Waals surface area contributed by atoms with Crippen LogP contribution in [0.2, 0.25) is 0 Å². The van der Waals surface area contributed by atoms with Gasteiger partial charge in [0.05, 0.1) is 0 Å². The summed E-state index contributed by atoms with van der Waals surface area (Å²) < 4.78 is 24.9. The molecule has 0 saturated carbocycles. The Kier molecular flexibility index (Phi) is 4.44. The maximum Gasteiger partial charge on any atom is 0.228 e. The first-order chi connectivity index (χ1) is 6.99. The number of piperidine rings is 1. The quantitative estimate of drug-likeness (QED) is 0.722. The van der Waals surface area contributed by atoms with Crippen LogP contribution in [-0.4, -0.2) is 31.0 Å². The molecule has 0 amide bonds. The summed E-state index contributed by atoms with van der Waals surface area (Å²) in [4.78, 5) is 0. The number of hydrogen-bond donors (Lipinski definition) is 0. The van der Waals surface area contributed by atoms with Gasteiger partial charge in [-0.2, -0.15) is 0 Å². The Hall–Kier alpha value is 0.200. The molecular weight excluding hydrogens is 234 g/mol. The number of alkyl halides is 1. The number of halogens is 1. The van der Waals surface area contributed by atoms with E-state index in [-0.39, 0.29) is 10.6 Å². The number of hydrogen-bond acceptors (Lipinski definition) is 2. The summed E-state index contributed by atoms with van der Waals surface area (Å²) in [5, 5.41) is -0.295. The average molecular weight is 254 g/mol. The first kappa shape index (κ1) is 13.3. The Morgan fingerprint density at radius 1 is 1.33 bits per heavy atom. The van der Waals surface area contributed by atoms with Crippen molar-refractivity contribution in [1.82, 2.24) is 4.31 Å². The van der Waals surface area contributed by atoms with Gasteiger partial charge in [0.1, 0.15) is 5.21 Å². The third-order valence-electron chi connectivity index (χ3n) is 3.66. The molecule has 0 aromatic carbocycles. The van der Waals surface area contributed by atoms with E-state index in [0.29, 0.717) is 13.1 Å². The van der Waals surface area contributed by atoms with Crippen LogP contribution in [-0.2, 0) is 10.0 Å². The minimum absolute atomic E-state index is 0.178. The van der Waals surface area contributed by atoms with E-state index in [1.165, 1.54) is 0 Å². The normalized spacial score (nSPS) is 22.9. The van der Waals surface area contributed by atoms with Gasteiger partial charge in [-0.15, -0.1) is 11.6 Å². The zero-order chi connectivity index (χ0) is 11.5. The van der Waals surface area contributed by atoms with Crippen LogP contribution in [0.3, 0.4) is 0 Å². The maximum absolute atomic E-state index is 11.7. The Balaban J connectivity index is 2.80. The molecule has 0 bridgehead atoms. The van der Waals surface area contributed by atoms with E-state index < -0.39 is 10.0 Å². The second-order valence-electron chi connectivity index (χ2n) is 4.37. The van der Waals surface area contributed by atoms with E-state index in [2.05, 4.69) is 13.8 Å². The van der Waals surface area contributed by atoms with Gasteiger partial charge < -0.3 is 0 Å². The van der Waals surface area contributed by atoms with Gasteiger partial charge in [-0.25, -0.2) is 12.7 Å². The predicted molar refractivity (Wildman–Crippen MR) is 63.5 cm³/mol. The van der Waals surface area contributed by atoms with Crippen LogP contribution in [0, 0.1) is 5.41 Å².